The third-order valence-electron chi connectivity index (χ3n) is 5.32. The van der Waals surface area contributed by atoms with Crippen molar-refractivity contribution in [3.63, 3.8) is 0 Å². The van der Waals surface area contributed by atoms with Gasteiger partial charge in [0.05, 0.1) is 28.4 Å². The number of alkyl halides is 3. The van der Waals surface area contributed by atoms with Crippen molar-refractivity contribution in [3.05, 3.63) is 58.0 Å². The molecule has 0 bridgehead atoms. The van der Waals surface area contributed by atoms with Gasteiger partial charge in [0.15, 0.2) is 5.82 Å². The first-order valence-corrected chi connectivity index (χ1v) is 10.1. The highest BCUT2D eigenvalue weighted by Gasteiger charge is 2.37. The molecule has 31 heavy (non-hydrogen) atoms. The van der Waals surface area contributed by atoms with Gasteiger partial charge in [0.25, 0.3) is 5.91 Å². The van der Waals surface area contributed by atoms with Crippen LogP contribution in [0.25, 0.3) is 5.82 Å². The van der Waals surface area contributed by atoms with Gasteiger partial charge >= 0.3 is 6.18 Å². The molecule has 0 fully saturated rings. The Morgan fingerprint density at radius 1 is 1.26 bits per heavy atom. The van der Waals surface area contributed by atoms with E-state index in [0.29, 0.717) is 17.9 Å². The molecular weight excluding hydrogens is 433 g/mol. The Bertz CT molecular complexity index is 1140. The maximum Gasteiger partial charge on any atom is 0.417 e. The van der Waals surface area contributed by atoms with Crippen LogP contribution in [0.15, 0.2) is 30.5 Å². The Hall–Kier alpha value is -2.88. The monoisotopic (exact) mass is 452 g/mol. The average Bonchev–Trinajstić information content (AvgIpc) is 3.32. The molecule has 4 rings (SSSR count). The van der Waals surface area contributed by atoms with Crippen LogP contribution in [0.4, 0.5) is 13.2 Å². The second-order valence-electron chi connectivity index (χ2n) is 7.79. The smallest absolute Gasteiger partial charge is 0.329 e. The quantitative estimate of drug-likeness (QED) is 0.594. The second-order valence-corrected chi connectivity index (χ2v) is 8.17. The Morgan fingerprint density at radius 2 is 2.00 bits per heavy atom. The standard InChI is InChI=1S/C20H20ClF3N6O/c1-11(2)29-8-7-17(26-29)30-16-9-12(3)28(10-15(16)25-27-30)19(31)13-5-4-6-14(18(13)21)20(22,23)24/h4-8,11-12H,9-10H2,1-3H3/t12-/m0/s1. The van der Waals surface area contributed by atoms with E-state index in [1.54, 1.807) is 9.36 Å². The van der Waals surface area contributed by atoms with Crippen LogP contribution in [0.5, 0.6) is 0 Å². The van der Waals surface area contributed by atoms with E-state index in [-0.39, 0.29) is 24.2 Å². The van der Waals surface area contributed by atoms with E-state index in [1.807, 2.05) is 33.0 Å². The first kappa shape index (κ1) is 21.4. The van der Waals surface area contributed by atoms with Crippen molar-refractivity contribution >= 4 is 17.5 Å². The van der Waals surface area contributed by atoms with Gasteiger partial charge in [-0.3, -0.25) is 9.48 Å². The minimum atomic E-state index is -4.64. The molecule has 164 valence electrons. The summed E-state index contributed by atoms with van der Waals surface area (Å²) < 4.78 is 43.0. The van der Waals surface area contributed by atoms with Gasteiger partial charge in [-0.2, -0.15) is 23.0 Å². The Kier molecular flexibility index (Phi) is 5.28. The fraction of sp³-hybridized carbons (Fsp3) is 0.400. The molecule has 0 unspecified atom stereocenters. The van der Waals surface area contributed by atoms with Crippen molar-refractivity contribution in [2.45, 2.75) is 52.0 Å². The summed E-state index contributed by atoms with van der Waals surface area (Å²) in [6, 6.07) is 5.08. The largest absolute Gasteiger partial charge is 0.417 e. The lowest BCUT2D eigenvalue weighted by atomic mass is 10.0. The summed E-state index contributed by atoms with van der Waals surface area (Å²) in [5.41, 5.74) is 0.182. The molecule has 0 aliphatic carbocycles. The lowest BCUT2D eigenvalue weighted by Gasteiger charge is -2.33. The molecule has 1 aliphatic heterocycles. The normalized spacial score (nSPS) is 16.6. The van der Waals surface area contributed by atoms with Crippen molar-refractivity contribution in [2.75, 3.05) is 0 Å². The van der Waals surface area contributed by atoms with Gasteiger partial charge in [-0.1, -0.05) is 22.9 Å². The van der Waals surface area contributed by atoms with E-state index < -0.39 is 22.7 Å². The maximum atomic E-state index is 13.2. The van der Waals surface area contributed by atoms with Crippen molar-refractivity contribution in [2.24, 2.45) is 0 Å². The summed E-state index contributed by atoms with van der Waals surface area (Å²) in [5.74, 6) is 0.0447. The lowest BCUT2D eigenvalue weighted by molar-refractivity contribution is -0.137. The molecule has 3 heterocycles. The zero-order valence-electron chi connectivity index (χ0n) is 17.1. The predicted molar refractivity (Wildman–Crippen MR) is 107 cm³/mol. The molecule has 1 amide bonds. The Labute approximate surface area is 181 Å². The van der Waals surface area contributed by atoms with E-state index in [4.69, 9.17) is 11.6 Å². The highest BCUT2D eigenvalue weighted by molar-refractivity contribution is 6.34. The molecule has 7 nitrogen and oxygen atoms in total. The molecule has 1 atom stereocenters. The Morgan fingerprint density at radius 3 is 2.65 bits per heavy atom. The van der Waals surface area contributed by atoms with E-state index >= 15 is 0 Å². The fourth-order valence-electron chi connectivity index (χ4n) is 3.62. The zero-order chi connectivity index (χ0) is 22.5. The van der Waals surface area contributed by atoms with Gasteiger partial charge in [-0.05, 0) is 32.9 Å². The number of aromatic nitrogens is 5. The van der Waals surface area contributed by atoms with Crippen LogP contribution in [0.2, 0.25) is 5.02 Å². The number of halogens is 4. The van der Waals surface area contributed by atoms with Crippen LogP contribution >= 0.6 is 11.6 Å². The van der Waals surface area contributed by atoms with Crippen molar-refractivity contribution in [1.29, 1.82) is 0 Å². The number of carbonyl (C=O) groups excluding carboxylic acids is 1. The number of carbonyl (C=O) groups is 1. The summed E-state index contributed by atoms with van der Waals surface area (Å²) in [5, 5.41) is 12.3. The van der Waals surface area contributed by atoms with Crippen molar-refractivity contribution < 1.29 is 18.0 Å². The van der Waals surface area contributed by atoms with E-state index in [2.05, 4.69) is 15.4 Å². The molecule has 0 spiro atoms. The van der Waals surface area contributed by atoms with Gasteiger partial charge in [0, 0.05) is 30.8 Å². The highest BCUT2D eigenvalue weighted by atomic mass is 35.5. The molecule has 1 aliphatic rings. The second kappa shape index (κ2) is 7.67. The number of rotatable bonds is 3. The molecule has 11 heteroatoms. The summed E-state index contributed by atoms with van der Waals surface area (Å²) in [7, 11) is 0. The first-order chi connectivity index (χ1) is 14.6. The van der Waals surface area contributed by atoms with E-state index in [0.717, 1.165) is 11.8 Å². The molecule has 0 N–H and O–H groups in total. The number of amides is 1. The van der Waals surface area contributed by atoms with Gasteiger partial charge in [0.1, 0.15) is 5.69 Å². The topological polar surface area (TPSA) is 68.8 Å². The minimum absolute atomic E-state index is 0.118. The Balaban J connectivity index is 1.63. The number of benzene rings is 1. The lowest BCUT2D eigenvalue weighted by Crippen LogP contribution is -2.43. The fourth-order valence-corrected chi connectivity index (χ4v) is 3.94. The third kappa shape index (κ3) is 3.80. The van der Waals surface area contributed by atoms with Crippen molar-refractivity contribution in [3.8, 4) is 5.82 Å². The summed E-state index contributed by atoms with van der Waals surface area (Å²) in [6.07, 6.45) is -2.36. The molecule has 0 radical (unpaired) electrons. The molecule has 3 aromatic rings. The van der Waals surface area contributed by atoms with E-state index in [1.165, 1.54) is 17.0 Å². The van der Waals surface area contributed by atoms with Crippen LogP contribution in [0.1, 0.15) is 54.1 Å². The highest BCUT2D eigenvalue weighted by Crippen LogP contribution is 2.37. The van der Waals surface area contributed by atoms with Crippen molar-refractivity contribution in [1.82, 2.24) is 29.7 Å². The number of hydrogen-bond donors (Lipinski definition) is 0. The summed E-state index contributed by atoms with van der Waals surface area (Å²) >= 11 is 5.96. The average molecular weight is 453 g/mol. The zero-order valence-corrected chi connectivity index (χ0v) is 17.8. The van der Waals surface area contributed by atoms with Gasteiger partial charge in [-0.15, -0.1) is 5.10 Å². The number of fused-ring (bicyclic) bond motifs is 1. The van der Waals surface area contributed by atoms with Crippen LogP contribution in [-0.4, -0.2) is 41.6 Å². The molecule has 0 saturated heterocycles. The number of hydrogen-bond acceptors (Lipinski definition) is 4. The van der Waals surface area contributed by atoms with Crippen LogP contribution in [-0.2, 0) is 19.1 Å². The van der Waals surface area contributed by atoms with Gasteiger partial charge < -0.3 is 4.90 Å². The third-order valence-corrected chi connectivity index (χ3v) is 5.73. The minimum Gasteiger partial charge on any atom is -0.329 e. The first-order valence-electron chi connectivity index (χ1n) is 9.73. The molecule has 1 aromatic carbocycles. The SMILES string of the molecule is CC(C)n1ccc(-n2nnc3c2C[C@H](C)N(C(=O)c2cccc(C(F)(F)F)c2Cl)C3)n1. The van der Waals surface area contributed by atoms with Crippen LogP contribution < -0.4 is 0 Å². The van der Waals surface area contributed by atoms with Gasteiger partial charge in [-0.25, -0.2) is 0 Å². The molecule has 0 saturated carbocycles. The summed E-state index contributed by atoms with van der Waals surface area (Å²) in [4.78, 5) is 14.5. The maximum absolute atomic E-state index is 13.2. The van der Waals surface area contributed by atoms with Gasteiger partial charge in [0.2, 0.25) is 0 Å². The van der Waals surface area contributed by atoms with E-state index in [9.17, 15) is 18.0 Å². The van der Waals surface area contributed by atoms with Crippen LogP contribution in [0.3, 0.4) is 0 Å². The molecular formula is C20H20ClF3N6O. The predicted octanol–water partition coefficient (Wildman–Crippen LogP) is 4.30. The number of nitrogens with zero attached hydrogens (tertiary/aromatic N) is 6. The van der Waals surface area contributed by atoms with Crippen LogP contribution in [0, 0.1) is 0 Å². The summed E-state index contributed by atoms with van der Waals surface area (Å²) in [6.45, 7) is 5.97. The molecule has 2 aromatic heterocycles.